The summed E-state index contributed by atoms with van der Waals surface area (Å²) in [6.07, 6.45) is 3.23. The number of hydrogen-bond acceptors (Lipinski definition) is 10. The highest BCUT2D eigenvalue weighted by Crippen LogP contribution is 2.47. The van der Waals surface area contributed by atoms with E-state index in [2.05, 4.69) is 24.5 Å². The van der Waals surface area contributed by atoms with Crippen molar-refractivity contribution in [3.63, 3.8) is 0 Å². The van der Waals surface area contributed by atoms with Crippen molar-refractivity contribution in [1.29, 1.82) is 0 Å². The normalized spacial score (nSPS) is 23.2. The molecule has 4 N–H and O–H groups in total. The standard InChI is InChI=1S/C32H61N4O9P/c1-23(2)33-15-9-7-8-12-31(39)36-20-30(18-27(36)21-43-25(5)6)45-46(41,42)44-22-26-17-29(38)19-35(26)32(40)14-13-28(37)11-10-16-34-24(3)4/h23-27,29-30,33-34,38H,7-22H2,1-6H3,(H,41,42)/t26-,27-,29+,30+/m0/s1. The molecular formula is C32H61N4O9P. The molecule has 0 saturated carbocycles. The van der Waals surface area contributed by atoms with Crippen LogP contribution in [0.25, 0.3) is 0 Å². The van der Waals surface area contributed by atoms with Crippen molar-refractivity contribution >= 4 is 25.4 Å². The van der Waals surface area contributed by atoms with Gasteiger partial charge in [-0.15, -0.1) is 0 Å². The highest BCUT2D eigenvalue weighted by Gasteiger charge is 2.41. The molecule has 0 aromatic carbocycles. The minimum absolute atomic E-state index is 0.000152. The zero-order valence-electron chi connectivity index (χ0n) is 28.9. The Morgan fingerprint density at radius 3 is 2.04 bits per heavy atom. The quantitative estimate of drug-likeness (QED) is 0.0928. The number of phosphoric acid groups is 1. The lowest BCUT2D eigenvalue weighted by Crippen LogP contribution is -2.39. The van der Waals surface area contributed by atoms with Gasteiger partial charge in [0.15, 0.2) is 0 Å². The lowest BCUT2D eigenvalue weighted by Gasteiger charge is -2.26. The van der Waals surface area contributed by atoms with Gasteiger partial charge in [0.05, 0.1) is 43.6 Å². The van der Waals surface area contributed by atoms with Gasteiger partial charge in [0.2, 0.25) is 11.8 Å². The number of phosphoric ester groups is 1. The average Bonchev–Trinajstić information content (AvgIpc) is 3.55. The first kappa shape index (κ1) is 40.7. The van der Waals surface area contributed by atoms with E-state index in [-0.39, 0.29) is 68.7 Å². The van der Waals surface area contributed by atoms with Gasteiger partial charge in [-0.1, -0.05) is 34.1 Å². The monoisotopic (exact) mass is 676 g/mol. The number of aliphatic hydroxyl groups is 1. The van der Waals surface area contributed by atoms with Crippen LogP contribution in [0.15, 0.2) is 0 Å². The first-order valence-corrected chi connectivity index (χ1v) is 18.7. The maximum Gasteiger partial charge on any atom is 0.472 e. The average molecular weight is 677 g/mol. The number of ketones is 1. The second-order valence-electron chi connectivity index (χ2n) is 13.6. The number of rotatable bonds is 23. The second kappa shape index (κ2) is 20.8. The summed E-state index contributed by atoms with van der Waals surface area (Å²) >= 11 is 0. The topological polar surface area (TPSA) is 167 Å². The fourth-order valence-electron chi connectivity index (χ4n) is 5.78. The molecule has 2 aliphatic heterocycles. The molecule has 1 unspecified atom stereocenters. The molecule has 0 bridgehead atoms. The van der Waals surface area contributed by atoms with Crippen LogP contribution in [0.5, 0.6) is 0 Å². The molecule has 14 heteroatoms. The number of nitrogens with zero attached hydrogens (tertiary/aromatic N) is 2. The summed E-state index contributed by atoms with van der Waals surface area (Å²) in [6.45, 7) is 14.0. The highest BCUT2D eigenvalue weighted by molar-refractivity contribution is 7.47. The van der Waals surface area contributed by atoms with Crippen LogP contribution in [0.1, 0.15) is 106 Å². The Labute approximate surface area is 276 Å². The van der Waals surface area contributed by atoms with Gasteiger partial charge in [-0.05, 0) is 59.0 Å². The number of ether oxygens (including phenoxy) is 1. The summed E-state index contributed by atoms with van der Waals surface area (Å²) in [6, 6.07) is -0.134. The molecule has 2 fully saturated rings. The zero-order chi connectivity index (χ0) is 34.3. The van der Waals surface area contributed by atoms with Crippen molar-refractivity contribution in [2.45, 2.75) is 148 Å². The summed E-state index contributed by atoms with van der Waals surface area (Å²) in [7, 11) is -4.55. The van der Waals surface area contributed by atoms with Crippen molar-refractivity contribution in [2.24, 2.45) is 0 Å². The van der Waals surface area contributed by atoms with Crippen LogP contribution in [-0.2, 0) is 32.7 Å². The van der Waals surface area contributed by atoms with Crippen LogP contribution in [0.4, 0.5) is 0 Å². The second-order valence-corrected chi connectivity index (χ2v) is 15.0. The summed E-state index contributed by atoms with van der Waals surface area (Å²) in [5.74, 6) is -0.338. The van der Waals surface area contributed by atoms with Crippen molar-refractivity contribution in [3.8, 4) is 0 Å². The Bertz CT molecular complexity index is 983. The Balaban J connectivity index is 1.85. The molecular weight excluding hydrogens is 615 g/mol. The highest BCUT2D eigenvalue weighted by atomic mass is 31.2. The molecule has 2 aliphatic rings. The van der Waals surface area contributed by atoms with Crippen molar-refractivity contribution in [3.05, 3.63) is 0 Å². The number of carbonyl (C=O) groups excluding carboxylic acids is 3. The number of hydrogen-bond donors (Lipinski definition) is 4. The lowest BCUT2D eigenvalue weighted by molar-refractivity contribution is -0.134. The molecule has 2 heterocycles. The van der Waals surface area contributed by atoms with Gasteiger partial charge in [0, 0.05) is 50.9 Å². The van der Waals surface area contributed by atoms with Gasteiger partial charge < -0.3 is 35.2 Å². The Hall–Kier alpha value is -1.44. The number of likely N-dealkylation sites (tertiary alicyclic amines) is 2. The van der Waals surface area contributed by atoms with Crippen molar-refractivity contribution in [2.75, 3.05) is 39.4 Å². The van der Waals surface area contributed by atoms with Gasteiger partial charge in [-0.2, -0.15) is 0 Å². The third-order valence-corrected chi connectivity index (χ3v) is 9.21. The third-order valence-electron chi connectivity index (χ3n) is 8.17. The number of amides is 2. The zero-order valence-corrected chi connectivity index (χ0v) is 29.8. The number of Topliss-reactive ketones (excluding diaryl/α,β-unsaturated/α-hetero) is 1. The van der Waals surface area contributed by atoms with Gasteiger partial charge >= 0.3 is 7.82 Å². The first-order valence-electron chi connectivity index (χ1n) is 17.2. The summed E-state index contributed by atoms with van der Waals surface area (Å²) in [5, 5.41) is 16.9. The SMILES string of the molecule is CC(C)NCCCCCC(=O)N1C[C@H](OP(=O)(O)OC[C@@H]2C[C@@H](O)CN2C(=O)CCC(=O)CCCNC(C)C)C[C@H]1COC(C)C. The summed E-state index contributed by atoms with van der Waals surface area (Å²) < 4.78 is 29.6. The molecule has 0 aliphatic carbocycles. The molecule has 46 heavy (non-hydrogen) atoms. The number of nitrogens with one attached hydrogen (secondary N) is 2. The van der Waals surface area contributed by atoms with Gasteiger partial charge in [0.1, 0.15) is 5.78 Å². The van der Waals surface area contributed by atoms with Crippen LogP contribution in [0.3, 0.4) is 0 Å². The molecule has 2 amide bonds. The fourth-order valence-corrected chi connectivity index (χ4v) is 6.73. The number of aliphatic hydroxyl groups excluding tert-OH is 1. The summed E-state index contributed by atoms with van der Waals surface area (Å²) in [5.41, 5.74) is 0. The number of carbonyl (C=O) groups is 3. The van der Waals surface area contributed by atoms with Crippen LogP contribution < -0.4 is 10.6 Å². The smallest absolute Gasteiger partial charge is 0.391 e. The van der Waals surface area contributed by atoms with Crippen LogP contribution in [-0.4, -0.2) is 119 Å². The van der Waals surface area contributed by atoms with E-state index in [1.165, 1.54) is 4.90 Å². The van der Waals surface area contributed by atoms with E-state index in [1.54, 1.807) is 4.90 Å². The van der Waals surface area contributed by atoms with E-state index in [1.807, 2.05) is 27.7 Å². The Kier molecular flexibility index (Phi) is 18.4. The van der Waals surface area contributed by atoms with Gasteiger partial charge in [-0.3, -0.25) is 23.4 Å². The van der Waals surface area contributed by atoms with Crippen molar-refractivity contribution in [1.82, 2.24) is 20.4 Å². The summed E-state index contributed by atoms with van der Waals surface area (Å²) in [4.78, 5) is 52.0. The molecule has 2 saturated heterocycles. The molecule has 5 atom stereocenters. The Morgan fingerprint density at radius 1 is 0.783 bits per heavy atom. The van der Waals surface area contributed by atoms with Crippen LogP contribution in [0.2, 0.25) is 0 Å². The van der Waals surface area contributed by atoms with E-state index >= 15 is 0 Å². The van der Waals surface area contributed by atoms with E-state index in [4.69, 9.17) is 13.8 Å². The minimum atomic E-state index is -4.55. The van der Waals surface area contributed by atoms with E-state index in [0.717, 1.165) is 32.4 Å². The van der Waals surface area contributed by atoms with E-state index < -0.39 is 26.1 Å². The molecule has 268 valence electrons. The van der Waals surface area contributed by atoms with E-state index in [0.29, 0.717) is 44.4 Å². The maximum atomic E-state index is 13.1. The molecule has 0 spiro atoms. The number of β-amino-alcohol motifs (C(OH)–C–C–N with tert-alkyl or cyclic N) is 1. The predicted molar refractivity (Wildman–Crippen MR) is 176 cm³/mol. The fraction of sp³-hybridized carbons (Fsp3) is 0.906. The van der Waals surface area contributed by atoms with E-state index in [9.17, 15) is 28.9 Å². The lowest BCUT2D eigenvalue weighted by atomic mass is 10.1. The predicted octanol–water partition coefficient (Wildman–Crippen LogP) is 3.16. The van der Waals surface area contributed by atoms with Gasteiger partial charge in [0.25, 0.3) is 0 Å². The Morgan fingerprint density at radius 2 is 1.39 bits per heavy atom. The largest absolute Gasteiger partial charge is 0.472 e. The third kappa shape index (κ3) is 16.1. The maximum absolute atomic E-state index is 13.1. The molecule has 2 rings (SSSR count). The molecule has 13 nitrogen and oxygen atoms in total. The van der Waals surface area contributed by atoms with Crippen LogP contribution in [0, 0.1) is 0 Å². The minimum Gasteiger partial charge on any atom is -0.391 e. The molecule has 0 aromatic rings. The number of unbranched alkanes of at least 4 members (excludes halogenated alkanes) is 2. The first-order chi connectivity index (χ1) is 21.7. The van der Waals surface area contributed by atoms with Crippen molar-refractivity contribution < 1.29 is 42.7 Å². The molecule has 0 radical (unpaired) electrons. The van der Waals surface area contributed by atoms with Crippen LogP contribution >= 0.6 is 7.82 Å². The molecule has 0 aromatic heterocycles. The van der Waals surface area contributed by atoms with Gasteiger partial charge in [-0.25, -0.2) is 4.57 Å².